The van der Waals surface area contributed by atoms with Gasteiger partial charge in [0.05, 0.1) is 12.7 Å². The molecule has 7 heteroatoms. The van der Waals surface area contributed by atoms with Crippen LogP contribution in [-0.4, -0.2) is 43.4 Å². The second kappa shape index (κ2) is 9.38. The molecule has 0 spiro atoms. The van der Waals surface area contributed by atoms with Crippen molar-refractivity contribution in [2.24, 2.45) is 0 Å². The molecule has 0 heterocycles. The van der Waals surface area contributed by atoms with Crippen molar-refractivity contribution in [2.75, 3.05) is 26.1 Å². The molecule has 0 bridgehead atoms. The third-order valence-corrected chi connectivity index (χ3v) is 3.77. The van der Waals surface area contributed by atoms with Gasteiger partial charge < -0.3 is 19.7 Å². The minimum Gasteiger partial charge on any atom is -0.496 e. The maximum Gasteiger partial charge on any atom is 0.338 e. The number of ether oxygens (including phenoxy) is 2. The zero-order chi connectivity index (χ0) is 19.8. The standard InChI is InChI=1S/C20H22N2O5/c1-14(23)21-17-9-6-8-15(11-17)20(25)27-13-19(24)22(2)12-16-7-4-5-10-18(16)26-3/h4-11H,12-13H2,1-3H3,(H,21,23). The number of para-hydroxylation sites is 1. The lowest BCUT2D eigenvalue weighted by molar-refractivity contribution is -0.133. The molecule has 0 saturated heterocycles. The molecule has 1 N–H and O–H groups in total. The normalized spacial score (nSPS) is 10.0. The van der Waals surface area contributed by atoms with Crippen LogP contribution in [0, 0.1) is 0 Å². The molecule has 0 radical (unpaired) electrons. The van der Waals surface area contributed by atoms with Crippen LogP contribution in [-0.2, 0) is 20.9 Å². The van der Waals surface area contributed by atoms with E-state index in [2.05, 4.69) is 5.32 Å². The van der Waals surface area contributed by atoms with Crippen molar-refractivity contribution in [1.29, 1.82) is 0 Å². The maximum absolute atomic E-state index is 12.2. The molecule has 2 amide bonds. The van der Waals surface area contributed by atoms with E-state index in [4.69, 9.17) is 9.47 Å². The first kappa shape index (κ1) is 20.0. The lowest BCUT2D eigenvalue weighted by Crippen LogP contribution is -2.31. The van der Waals surface area contributed by atoms with Gasteiger partial charge in [-0.05, 0) is 24.3 Å². The van der Waals surface area contributed by atoms with E-state index in [0.717, 1.165) is 5.56 Å². The van der Waals surface area contributed by atoms with Crippen molar-refractivity contribution in [3.63, 3.8) is 0 Å². The van der Waals surface area contributed by atoms with Crippen molar-refractivity contribution < 1.29 is 23.9 Å². The lowest BCUT2D eigenvalue weighted by atomic mass is 10.2. The zero-order valence-electron chi connectivity index (χ0n) is 15.5. The van der Waals surface area contributed by atoms with Crippen LogP contribution in [0.15, 0.2) is 48.5 Å². The van der Waals surface area contributed by atoms with Gasteiger partial charge in [0.1, 0.15) is 5.75 Å². The molecule has 2 rings (SSSR count). The Labute approximate surface area is 157 Å². The van der Waals surface area contributed by atoms with Gasteiger partial charge >= 0.3 is 5.97 Å². The summed E-state index contributed by atoms with van der Waals surface area (Å²) in [5.74, 6) is -0.536. The molecule has 2 aromatic carbocycles. The first-order valence-electron chi connectivity index (χ1n) is 8.31. The third kappa shape index (κ3) is 5.85. The van der Waals surface area contributed by atoms with Crippen LogP contribution in [0.25, 0.3) is 0 Å². The third-order valence-electron chi connectivity index (χ3n) is 3.77. The van der Waals surface area contributed by atoms with E-state index in [9.17, 15) is 14.4 Å². The van der Waals surface area contributed by atoms with Gasteiger partial charge in [0.25, 0.3) is 5.91 Å². The Kier molecular flexibility index (Phi) is 6.93. The fourth-order valence-corrected chi connectivity index (χ4v) is 2.43. The average Bonchev–Trinajstić information content (AvgIpc) is 2.65. The van der Waals surface area contributed by atoms with E-state index in [0.29, 0.717) is 18.0 Å². The van der Waals surface area contributed by atoms with E-state index in [1.165, 1.54) is 17.9 Å². The first-order chi connectivity index (χ1) is 12.9. The van der Waals surface area contributed by atoms with Crippen molar-refractivity contribution >= 4 is 23.5 Å². The molecule has 0 aliphatic carbocycles. The number of hydrogen-bond donors (Lipinski definition) is 1. The summed E-state index contributed by atoms with van der Waals surface area (Å²) in [7, 11) is 3.19. The number of nitrogens with zero attached hydrogens (tertiary/aromatic N) is 1. The Morgan fingerprint density at radius 1 is 1.07 bits per heavy atom. The summed E-state index contributed by atoms with van der Waals surface area (Å²) in [5.41, 5.74) is 1.59. The van der Waals surface area contributed by atoms with E-state index in [1.54, 1.807) is 32.4 Å². The minimum atomic E-state index is -0.638. The molecule has 142 valence electrons. The van der Waals surface area contributed by atoms with Gasteiger partial charge in [-0.25, -0.2) is 4.79 Å². The quantitative estimate of drug-likeness (QED) is 0.757. The van der Waals surface area contributed by atoms with Gasteiger partial charge in [0.15, 0.2) is 6.61 Å². The van der Waals surface area contributed by atoms with E-state index >= 15 is 0 Å². The monoisotopic (exact) mass is 370 g/mol. The van der Waals surface area contributed by atoms with Crippen LogP contribution in [0.3, 0.4) is 0 Å². The number of anilines is 1. The molecule has 0 fully saturated rings. The van der Waals surface area contributed by atoms with Crippen LogP contribution in [0.2, 0.25) is 0 Å². The minimum absolute atomic E-state index is 0.242. The van der Waals surface area contributed by atoms with E-state index in [-0.39, 0.29) is 24.0 Å². The van der Waals surface area contributed by atoms with Crippen LogP contribution in [0.5, 0.6) is 5.75 Å². The molecule has 27 heavy (non-hydrogen) atoms. The molecule has 0 aromatic heterocycles. The Hall–Kier alpha value is -3.35. The van der Waals surface area contributed by atoms with Crippen molar-refractivity contribution in [3.05, 3.63) is 59.7 Å². The molecular formula is C20H22N2O5. The molecule has 7 nitrogen and oxygen atoms in total. The van der Waals surface area contributed by atoms with Gasteiger partial charge in [-0.3, -0.25) is 9.59 Å². The van der Waals surface area contributed by atoms with Crippen molar-refractivity contribution in [3.8, 4) is 5.75 Å². The number of rotatable bonds is 7. The number of hydrogen-bond acceptors (Lipinski definition) is 5. The number of carbonyl (C=O) groups is 3. The van der Waals surface area contributed by atoms with Crippen LogP contribution in [0.1, 0.15) is 22.8 Å². The van der Waals surface area contributed by atoms with E-state index < -0.39 is 5.97 Å². The summed E-state index contributed by atoms with van der Waals surface area (Å²) in [6.07, 6.45) is 0. The largest absolute Gasteiger partial charge is 0.496 e. The van der Waals surface area contributed by atoms with Crippen LogP contribution in [0.4, 0.5) is 5.69 Å². The first-order valence-corrected chi connectivity index (χ1v) is 8.31. The zero-order valence-corrected chi connectivity index (χ0v) is 15.5. The number of carbonyl (C=O) groups excluding carboxylic acids is 3. The predicted molar refractivity (Wildman–Crippen MR) is 100 cm³/mol. The number of likely N-dealkylation sites (N-methyl/N-ethyl adjacent to an activating group) is 1. The summed E-state index contributed by atoms with van der Waals surface area (Å²) < 4.78 is 10.4. The highest BCUT2D eigenvalue weighted by Crippen LogP contribution is 2.18. The molecule has 0 unspecified atom stereocenters. The second-order valence-corrected chi connectivity index (χ2v) is 5.90. The molecule has 0 aliphatic heterocycles. The molecule has 2 aromatic rings. The number of methoxy groups -OCH3 is 1. The SMILES string of the molecule is COc1ccccc1CN(C)C(=O)COC(=O)c1cccc(NC(C)=O)c1. The van der Waals surface area contributed by atoms with Gasteiger partial charge in [-0.1, -0.05) is 24.3 Å². The maximum atomic E-state index is 12.2. The number of esters is 1. The fourth-order valence-electron chi connectivity index (χ4n) is 2.43. The highest BCUT2D eigenvalue weighted by Gasteiger charge is 2.15. The highest BCUT2D eigenvalue weighted by molar-refractivity contribution is 5.94. The Morgan fingerprint density at radius 3 is 2.52 bits per heavy atom. The molecule has 0 aliphatic rings. The highest BCUT2D eigenvalue weighted by atomic mass is 16.5. The summed E-state index contributed by atoms with van der Waals surface area (Å²) in [5, 5.41) is 2.59. The van der Waals surface area contributed by atoms with Gasteiger partial charge in [0, 0.05) is 31.8 Å². The average molecular weight is 370 g/mol. The fraction of sp³-hybridized carbons (Fsp3) is 0.250. The Morgan fingerprint density at radius 2 is 1.81 bits per heavy atom. The molecular weight excluding hydrogens is 348 g/mol. The second-order valence-electron chi connectivity index (χ2n) is 5.90. The summed E-state index contributed by atoms with van der Waals surface area (Å²) in [4.78, 5) is 36.9. The Bertz CT molecular complexity index is 835. The van der Waals surface area contributed by atoms with Gasteiger partial charge in [-0.15, -0.1) is 0 Å². The van der Waals surface area contributed by atoms with Crippen LogP contribution < -0.4 is 10.1 Å². The smallest absolute Gasteiger partial charge is 0.338 e. The predicted octanol–water partition coefficient (Wildman–Crippen LogP) is 2.47. The number of amides is 2. The number of benzene rings is 2. The molecule has 0 atom stereocenters. The van der Waals surface area contributed by atoms with Crippen LogP contribution >= 0.6 is 0 Å². The van der Waals surface area contributed by atoms with Crippen molar-refractivity contribution in [1.82, 2.24) is 4.90 Å². The topological polar surface area (TPSA) is 84.9 Å². The summed E-state index contributed by atoms with van der Waals surface area (Å²) in [6.45, 7) is 1.33. The van der Waals surface area contributed by atoms with Crippen molar-refractivity contribution in [2.45, 2.75) is 13.5 Å². The number of nitrogens with one attached hydrogen (secondary N) is 1. The van der Waals surface area contributed by atoms with Gasteiger partial charge in [-0.2, -0.15) is 0 Å². The Balaban J connectivity index is 1.92. The van der Waals surface area contributed by atoms with E-state index in [1.807, 2.05) is 24.3 Å². The van der Waals surface area contributed by atoms with Gasteiger partial charge in [0.2, 0.25) is 5.91 Å². The summed E-state index contributed by atoms with van der Waals surface area (Å²) >= 11 is 0. The summed E-state index contributed by atoms with van der Waals surface area (Å²) in [6, 6.07) is 13.7. The lowest BCUT2D eigenvalue weighted by Gasteiger charge is -2.18. The molecule has 0 saturated carbocycles.